The van der Waals surface area contributed by atoms with Crippen LogP contribution < -0.4 is 5.32 Å². The Morgan fingerprint density at radius 2 is 1.84 bits per heavy atom. The number of hydrogen-bond donors (Lipinski definition) is 1. The number of nitrogens with one attached hydrogen (secondary N) is 1. The zero-order chi connectivity index (χ0) is 18.3. The molecule has 0 radical (unpaired) electrons. The van der Waals surface area contributed by atoms with E-state index in [9.17, 15) is 13.2 Å². The van der Waals surface area contributed by atoms with E-state index in [0.717, 1.165) is 6.42 Å². The highest BCUT2D eigenvalue weighted by atomic mass is 32.2. The number of benzene rings is 2. The van der Waals surface area contributed by atoms with E-state index in [2.05, 4.69) is 5.32 Å². The molecule has 134 valence electrons. The van der Waals surface area contributed by atoms with Crippen molar-refractivity contribution in [1.82, 2.24) is 5.32 Å². The summed E-state index contributed by atoms with van der Waals surface area (Å²) < 4.78 is 30.3. The molecule has 6 heteroatoms. The summed E-state index contributed by atoms with van der Waals surface area (Å²) in [6, 6.07) is 15.0. The summed E-state index contributed by atoms with van der Waals surface area (Å²) in [5.74, 6) is -0.402. The first-order chi connectivity index (χ1) is 12.0. The zero-order valence-electron chi connectivity index (χ0n) is 14.4. The summed E-state index contributed by atoms with van der Waals surface area (Å²) in [7, 11) is -1.94. The predicted octanol–water partition coefficient (Wildman–Crippen LogP) is 2.82. The van der Waals surface area contributed by atoms with Gasteiger partial charge in [-0.15, -0.1) is 0 Å². The van der Waals surface area contributed by atoms with Crippen LogP contribution in [-0.4, -0.2) is 34.1 Å². The average molecular weight is 361 g/mol. The molecule has 0 spiro atoms. The van der Waals surface area contributed by atoms with Gasteiger partial charge in [-0.25, -0.2) is 8.42 Å². The van der Waals surface area contributed by atoms with Gasteiger partial charge in [0.2, 0.25) is 0 Å². The summed E-state index contributed by atoms with van der Waals surface area (Å²) in [4.78, 5) is 12.5. The molecule has 0 aromatic heterocycles. The van der Waals surface area contributed by atoms with Gasteiger partial charge in [-0.3, -0.25) is 4.79 Å². The summed E-state index contributed by atoms with van der Waals surface area (Å²) in [6.45, 7) is 2.36. The maximum Gasteiger partial charge on any atom is 0.251 e. The Hall–Kier alpha value is -2.18. The Balaban J connectivity index is 2.18. The van der Waals surface area contributed by atoms with Gasteiger partial charge in [0, 0.05) is 12.7 Å². The summed E-state index contributed by atoms with van der Waals surface area (Å²) in [6.07, 6.45) is 0.728. The van der Waals surface area contributed by atoms with Gasteiger partial charge in [-0.1, -0.05) is 43.3 Å². The second kappa shape index (κ2) is 8.78. The minimum Gasteiger partial charge on any atom is -0.383 e. The lowest BCUT2D eigenvalue weighted by atomic mass is 10.2. The van der Waals surface area contributed by atoms with Gasteiger partial charge in [0.25, 0.3) is 5.91 Å². The Kier molecular flexibility index (Phi) is 6.73. The van der Waals surface area contributed by atoms with Crippen molar-refractivity contribution >= 4 is 15.7 Å². The van der Waals surface area contributed by atoms with Crippen LogP contribution in [0.5, 0.6) is 0 Å². The number of carbonyl (C=O) groups is 1. The van der Waals surface area contributed by atoms with Crippen LogP contribution in [0, 0.1) is 0 Å². The van der Waals surface area contributed by atoms with Crippen molar-refractivity contribution in [2.24, 2.45) is 0 Å². The van der Waals surface area contributed by atoms with E-state index >= 15 is 0 Å². The van der Waals surface area contributed by atoms with Crippen molar-refractivity contribution in [3.8, 4) is 0 Å². The number of methoxy groups -OCH3 is 1. The average Bonchev–Trinajstić information content (AvgIpc) is 2.62. The largest absolute Gasteiger partial charge is 0.383 e. The van der Waals surface area contributed by atoms with Crippen LogP contribution in [0.15, 0.2) is 59.5 Å². The molecule has 0 saturated carbocycles. The quantitative estimate of drug-likeness (QED) is 0.785. The molecule has 2 aromatic carbocycles. The van der Waals surface area contributed by atoms with Crippen LogP contribution in [0.1, 0.15) is 29.3 Å². The molecule has 0 bridgehead atoms. The van der Waals surface area contributed by atoms with Gasteiger partial charge in [0.15, 0.2) is 9.84 Å². The number of carbonyl (C=O) groups excluding carboxylic acids is 1. The molecule has 1 amide bonds. The van der Waals surface area contributed by atoms with E-state index < -0.39 is 9.84 Å². The summed E-state index contributed by atoms with van der Waals surface area (Å²) in [5, 5.41) is 2.85. The second-order valence-corrected chi connectivity index (χ2v) is 7.80. The Labute approximate surface area is 148 Å². The van der Waals surface area contributed by atoms with Crippen LogP contribution in [0.25, 0.3) is 0 Å². The van der Waals surface area contributed by atoms with Gasteiger partial charge in [-0.2, -0.15) is 0 Å². The number of sulfone groups is 1. The van der Waals surface area contributed by atoms with Crippen molar-refractivity contribution < 1.29 is 17.9 Å². The van der Waals surface area contributed by atoms with Crippen LogP contribution in [-0.2, 0) is 20.3 Å². The van der Waals surface area contributed by atoms with Crippen molar-refractivity contribution in [1.29, 1.82) is 0 Å². The van der Waals surface area contributed by atoms with E-state index in [0.29, 0.717) is 17.7 Å². The fraction of sp³-hybridized carbons (Fsp3) is 0.316. The summed E-state index contributed by atoms with van der Waals surface area (Å²) >= 11 is 0. The van der Waals surface area contributed by atoms with Gasteiger partial charge in [-0.05, 0) is 30.2 Å². The molecule has 2 aromatic rings. The highest BCUT2D eigenvalue weighted by molar-refractivity contribution is 7.90. The third kappa shape index (κ3) is 5.41. The number of amides is 1. The van der Waals surface area contributed by atoms with Gasteiger partial charge < -0.3 is 10.1 Å². The Morgan fingerprint density at radius 3 is 2.48 bits per heavy atom. The Bertz CT molecular complexity index is 803. The lowest BCUT2D eigenvalue weighted by molar-refractivity contribution is 0.0894. The van der Waals surface area contributed by atoms with Crippen molar-refractivity contribution in [3.63, 3.8) is 0 Å². The first-order valence-electron chi connectivity index (χ1n) is 8.13. The molecule has 0 fully saturated rings. The first kappa shape index (κ1) is 19.1. The molecule has 1 N–H and O–H groups in total. The highest BCUT2D eigenvalue weighted by Gasteiger charge is 2.18. The summed E-state index contributed by atoms with van der Waals surface area (Å²) in [5.41, 5.74) is 1.03. The lowest BCUT2D eigenvalue weighted by Crippen LogP contribution is -2.37. The molecule has 0 heterocycles. The molecule has 5 nitrogen and oxygen atoms in total. The van der Waals surface area contributed by atoms with Crippen molar-refractivity contribution in [3.05, 3.63) is 65.7 Å². The van der Waals surface area contributed by atoms with Gasteiger partial charge >= 0.3 is 0 Å². The molecule has 1 atom stereocenters. The monoisotopic (exact) mass is 361 g/mol. The molecular weight excluding hydrogens is 338 g/mol. The fourth-order valence-corrected chi connectivity index (χ4v) is 3.83. The lowest BCUT2D eigenvalue weighted by Gasteiger charge is -2.16. The van der Waals surface area contributed by atoms with Crippen LogP contribution >= 0.6 is 0 Å². The van der Waals surface area contributed by atoms with E-state index in [1.807, 2.05) is 13.0 Å². The topological polar surface area (TPSA) is 72.5 Å². The number of ether oxygens (including phenoxy) is 1. The number of rotatable bonds is 8. The van der Waals surface area contributed by atoms with E-state index in [1.165, 1.54) is 12.1 Å². The van der Waals surface area contributed by atoms with E-state index in [1.54, 1.807) is 43.5 Å². The SMILES string of the molecule is CCC(COC)NC(=O)c1cccc(S(=O)(=O)Cc2ccccc2)c1. The zero-order valence-corrected chi connectivity index (χ0v) is 15.3. The van der Waals surface area contributed by atoms with Crippen LogP contribution in [0.2, 0.25) is 0 Å². The van der Waals surface area contributed by atoms with Gasteiger partial charge in [0.1, 0.15) is 0 Å². The minimum atomic E-state index is -3.52. The highest BCUT2D eigenvalue weighted by Crippen LogP contribution is 2.18. The van der Waals surface area contributed by atoms with Crippen LogP contribution in [0.3, 0.4) is 0 Å². The Morgan fingerprint density at radius 1 is 1.12 bits per heavy atom. The molecule has 25 heavy (non-hydrogen) atoms. The molecule has 0 saturated heterocycles. The van der Waals surface area contributed by atoms with E-state index in [-0.39, 0.29) is 22.6 Å². The fourth-order valence-electron chi connectivity index (χ4n) is 2.44. The maximum atomic E-state index is 12.6. The van der Waals surface area contributed by atoms with E-state index in [4.69, 9.17) is 4.74 Å². The standard InChI is InChI=1S/C19H23NO4S/c1-3-17(13-24-2)20-19(21)16-10-7-11-18(12-16)25(22,23)14-15-8-5-4-6-9-15/h4-12,17H,3,13-14H2,1-2H3,(H,20,21). The molecule has 2 rings (SSSR count). The molecule has 0 aliphatic heterocycles. The minimum absolute atomic E-state index is 0.0971. The maximum absolute atomic E-state index is 12.6. The molecule has 0 aliphatic carbocycles. The molecule has 0 aliphatic rings. The second-order valence-electron chi connectivity index (χ2n) is 5.81. The predicted molar refractivity (Wildman–Crippen MR) is 97.2 cm³/mol. The van der Waals surface area contributed by atoms with Crippen molar-refractivity contribution in [2.75, 3.05) is 13.7 Å². The smallest absolute Gasteiger partial charge is 0.251 e. The third-order valence-corrected chi connectivity index (χ3v) is 5.54. The third-order valence-electron chi connectivity index (χ3n) is 3.85. The van der Waals surface area contributed by atoms with Crippen molar-refractivity contribution in [2.45, 2.75) is 30.0 Å². The van der Waals surface area contributed by atoms with Crippen LogP contribution in [0.4, 0.5) is 0 Å². The van der Waals surface area contributed by atoms with Gasteiger partial charge in [0.05, 0.1) is 23.3 Å². The first-order valence-corrected chi connectivity index (χ1v) is 9.78. The normalized spacial score (nSPS) is 12.6. The number of hydrogen-bond acceptors (Lipinski definition) is 4. The molecular formula is C19H23NO4S. The molecule has 1 unspecified atom stereocenters.